The van der Waals surface area contributed by atoms with Crippen LogP contribution in [0.25, 0.3) is 0 Å². The molecule has 0 saturated carbocycles. The summed E-state index contributed by atoms with van der Waals surface area (Å²) in [6, 6.07) is 0.262. The first-order chi connectivity index (χ1) is 5.88. The minimum Gasteiger partial charge on any atom is -0.501 e. The minimum atomic E-state index is -0.324. The van der Waals surface area contributed by atoms with Gasteiger partial charge in [0.25, 0.3) is 0 Å². The van der Waals surface area contributed by atoms with Gasteiger partial charge in [0.2, 0.25) is 0 Å². The average molecular weight is 169 g/mol. The van der Waals surface area contributed by atoms with Crippen molar-refractivity contribution in [1.82, 2.24) is 5.32 Å². The van der Waals surface area contributed by atoms with Gasteiger partial charge in [-0.05, 0) is 25.0 Å². The number of rotatable bonds is 2. The van der Waals surface area contributed by atoms with Gasteiger partial charge in [-0.2, -0.15) is 0 Å². The number of aliphatic hydroxyl groups is 1. The van der Waals surface area contributed by atoms with Crippen LogP contribution in [0.15, 0.2) is 11.8 Å². The van der Waals surface area contributed by atoms with Gasteiger partial charge in [0, 0.05) is 12.5 Å². The van der Waals surface area contributed by atoms with Crippen molar-refractivity contribution in [3.8, 4) is 0 Å². The Morgan fingerprint density at radius 2 is 2.58 bits per heavy atom. The van der Waals surface area contributed by atoms with Crippen molar-refractivity contribution < 1.29 is 9.84 Å². The van der Waals surface area contributed by atoms with Gasteiger partial charge in [-0.3, -0.25) is 0 Å². The van der Waals surface area contributed by atoms with E-state index in [2.05, 4.69) is 5.32 Å². The third kappa shape index (κ3) is 1.47. The number of aliphatic hydroxyl groups excluding tert-OH is 1. The van der Waals surface area contributed by atoms with Crippen LogP contribution < -0.4 is 5.32 Å². The summed E-state index contributed by atoms with van der Waals surface area (Å²) in [4.78, 5) is 0. The summed E-state index contributed by atoms with van der Waals surface area (Å²) >= 11 is 0. The smallest absolute Gasteiger partial charge is 0.0936 e. The Morgan fingerprint density at radius 3 is 3.17 bits per heavy atom. The van der Waals surface area contributed by atoms with Gasteiger partial charge in [0.1, 0.15) is 0 Å². The van der Waals surface area contributed by atoms with Gasteiger partial charge in [-0.25, -0.2) is 0 Å². The van der Waals surface area contributed by atoms with E-state index in [0.717, 1.165) is 31.6 Å². The molecule has 2 aliphatic rings. The van der Waals surface area contributed by atoms with Crippen LogP contribution in [0.1, 0.15) is 19.3 Å². The molecule has 0 spiro atoms. The van der Waals surface area contributed by atoms with Gasteiger partial charge in [0.15, 0.2) is 0 Å². The Balaban J connectivity index is 1.93. The molecular formula is C9H15NO2. The first kappa shape index (κ1) is 8.08. The standard InChI is InChI=1S/C9H15NO2/c11-9(7-3-5-12-6-7)8-2-1-4-10-8/h6,8-11H,1-5H2. The van der Waals surface area contributed by atoms with Crippen LogP contribution in [0.2, 0.25) is 0 Å². The third-order valence-corrected chi connectivity index (χ3v) is 2.60. The van der Waals surface area contributed by atoms with Gasteiger partial charge in [-0.15, -0.1) is 0 Å². The molecule has 2 rings (SSSR count). The second-order valence-electron chi connectivity index (χ2n) is 3.46. The third-order valence-electron chi connectivity index (χ3n) is 2.60. The van der Waals surface area contributed by atoms with Crippen LogP contribution in [0, 0.1) is 0 Å². The fourth-order valence-corrected chi connectivity index (χ4v) is 1.86. The lowest BCUT2D eigenvalue weighted by molar-refractivity contribution is 0.167. The number of ether oxygens (including phenoxy) is 1. The largest absolute Gasteiger partial charge is 0.501 e. The van der Waals surface area contributed by atoms with E-state index in [9.17, 15) is 5.11 Å². The first-order valence-corrected chi connectivity index (χ1v) is 4.60. The van der Waals surface area contributed by atoms with E-state index in [1.165, 1.54) is 6.42 Å². The van der Waals surface area contributed by atoms with E-state index < -0.39 is 0 Å². The maximum absolute atomic E-state index is 9.84. The number of nitrogens with one attached hydrogen (secondary N) is 1. The molecule has 0 aromatic heterocycles. The summed E-state index contributed by atoms with van der Waals surface area (Å²) in [6.07, 6.45) is 4.54. The van der Waals surface area contributed by atoms with Crippen LogP contribution in [0.4, 0.5) is 0 Å². The molecule has 1 fully saturated rings. The first-order valence-electron chi connectivity index (χ1n) is 4.60. The Bertz CT molecular complexity index is 185. The van der Waals surface area contributed by atoms with Gasteiger partial charge < -0.3 is 15.2 Å². The zero-order chi connectivity index (χ0) is 8.39. The highest BCUT2D eigenvalue weighted by Crippen LogP contribution is 2.21. The van der Waals surface area contributed by atoms with E-state index in [0.29, 0.717) is 0 Å². The lowest BCUT2D eigenvalue weighted by Crippen LogP contribution is -2.35. The molecule has 2 unspecified atom stereocenters. The maximum atomic E-state index is 9.84. The van der Waals surface area contributed by atoms with Crippen molar-refractivity contribution in [3.05, 3.63) is 11.8 Å². The van der Waals surface area contributed by atoms with Crippen molar-refractivity contribution in [2.45, 2.75) is 31.4 Å². The fraction of sp³-hybridized carbons (Fsp3) is 0.778. The predicted octanol–water partition coefficient (Wildman–Crippen LogP) is 0.403. The predicted molar refractivity (Wildman–Crippen MR) is 45.7 cm³/mol. The van der Waals surface area contributed by atoms with Crippen molar-refractivity contribution >= 4 is 0 Å². The molecule has 2 heterocycles. The Kier molecular flexibility index (Phi) is 2.33. The van der Waals surface area contributed by atoms with Crippen LogP contribution in [-0.2, 0) is 4.74 Å². The van der Waals surface area contributed by atoms with Gasteiger partial charge in [0.05, 0.1) is 19.0 Å². The molecule has 0 radical (unpaired) electrons. The van der Waals surface area contributed by atoms with Crippen LogP contribution >= 0.6 is 0 Å². The molecule has 0 bridgehead atoms. The van der Waals surface area contributed by atoms with Crippen LogP contribution in [0.3, 0.4) is 0 Å². The molecule has 68 valence electrons. The van der Waals surface area contributed by atoms with E-state index in [1.54, 1.807) is 6.26 Å². The molecule has 2 atom stereocenters. The molecule has 0 aliphatic carbocycles. The molecule has 1 saturated heterocycles. The lowest BCUT2D eigenvalue weighted by Gasteiger charge is -2.18. The van der Waals surface area contributed by atoms with E-state index >= 15 is 0 Å². The number of hydrogen-bond donors (Lipinski definition) is 2. The molecule has 0 amide bonds. The Labute approximate surface area is 72.4 Å². The second kappa shape index (κ2) is 3.46. The van der Waals surface area contributed by atoms with Gasteiger partial charge in [-0.1, -0.05) is 0 Å². The molecule has 12 heavy (non-hydrogen) atoms. The Morgan fingerprint density at radius 1 is 1.67 bits per heavy atom. The summed E-state index contributed by atoms with van der Waals surface area (Å²) in [7, 11) is 0. The topological polar surface area (TPSA) is 41.5 Å². The van der Waals surface area contributed by atoms with Crippen LogP contribution in [0.5, 0.6) is 0 Å². The van der Waals surface area contributed by atoms with Crippen molar-refractivity contribution in [3.63, 3.8) is 0 Å². The summed E-state index contributed by atoms with van der Waals surface area (Å²) in [5.74, 6) is 0. The zero-order valence-electron chi connectivity index (χ0n) is 7.12. The van der Waals surface area contributed by atoms with E-state index in [-0.39, 0.29) is 12.1 Å². The van der Waals surface area contributed by atoms with Crippen LogP contribution in [-0.4, -0.2) is 30.4 Å². The Hall–Kier alpha value is -0.540. The number of hydrogen-bond acceptors (Lipinski definition) is 3. The summed E-state index contributed by atoms with van der Waals surface area (Å²) in [6.45, 7) is 1.77. The van der Waals surface area contributed by atoms with E-state index in [1.807, 2.05) is 0 Å². The molecule has 2 aliphatic heterocycles. The van der Waals surface area contributed by atoms with Crippen molar-refractivity contribution in [1.29, 1.82) is 0 Å². The normalized spacial score (nSPS) is 31.4. The fourth-order valence-electron chi connectivity index (χ4n) is 1.86. The van der Waals surface area contributed by atoms with E-state index in [4.69, 9.17) is 4.74 Å². The maximum Gasteiger partial charge on any atom is 0.0936 e. The lowest BCUT2D eigenvalue weighted by atomic mass is 10.0. The monoisotopic (exact) mass is 169 g/mol. The summed E-state index contributed by atoms with van der Waals surface area (Å²) < 4.78 is 5.09. The zero-order valence-corrected chi connectivity index (χ0v) is 7.12. The molecule has 2 N–H and O–H groups in total. The minimum absolute atomic E-state index is 0.262. The van der Waals surface area contributed by atoms with Gasteiger partial charge >= 0.3 is 0 Å². The SMILES string of the molecule is OC(C1=COCC1)C1CCCN1. The summed E-state index contributed by atoms with van der Waals surface area (Å²) in [5.41, 5.74) is 1.05. The molecule has 0 aromatic rings. The molecule has 3 nitrogen and oxygen atoms in total. The quantitative estimate of drug-likeness (QED) is 0.629. The van der Waals surface area contributed by atoms with Crippen molar-refractivity contribution in [2.24, 2.45) is 0 Å². The molecule has 3 heteroatoms. The molecule has 0 aromatic carbocycles. The average Bonchev–Trinajstić information content (AvgIpc) is 2.77. The summed E-state index contributed by atoms with van der Waals surface area (Å²) in [5, 5.41) is 13.1. The highest BCUT2D eigenvalue weighted by atomic mass is 16.5. The molecular weight excluding hydrogens is 154 g/mol. The van der Waals surface area contributed by atoms with Crippen molar-refractivity contribution in [2.75, 3.05) is 13.2 Å². The highest BCUT2D eigenvalue weighted by molar-refractivity contribution is 5.12. The second-order valence-corrected chi connectivity index (χ2v) is 3.46. The highest BCUT2D eigenvalue weighted by Gasteiger charge is 2.26.